The van der Waals surface area contributed by atoms with Gasteiger partial charge in [-0.2, -0.15) is 41.2 Å². The number of phosphoric acid groups is 1. The number of nitrogens with zero attached hydrogens (tertiary/aromatic N) is 1. The second-order valence-electron chi connectivity index (χ2n) is 6.18. The molecule has 1 aromatic heterocycles. The topological polar surface area (TPSA) is 84.3 Å². The van der Waals surface area contributed by atoms with Crippen molar-refractivity contribution in [1.29, 1.82) is 5.26 Å². The Morgan fingerprint density at radius 3 is 2.37 bits per heavy atom. The van der Waals surface area contributed by atoms with Crippen LogP contribution in [-0.2, 0) is 48.0 Å². The van der Waals surface area contributed by atoms with Crippen LogP contribution in [0.1, 0.15) is 24.0 Å². The predicted octanol–water partition coefficient (Wildman–Crippen LogP) is 5.38. The van der Waals surface area contributed by atoms with Gasteiger partial charge >= 0.3 is 24.9 Å². The smallest absolute Gasteiger partial charge is 0.367 e. The molecule has 1 N–H and O–H groups in total. The van der Waals surface area contributed by atoms with Crippen molar-refractivity contribution in [2.75, 3.05) is 19.8 Å². The molecule has 3 aromatic rings. The van der Waals surface area contributed by atoms with E-state index in [9.17, 15) is 4.57 Å². The Kier molecular flexibility index (Phi) is 13.8. The monoisotopic (exact) mass is 470 g/mol. The van der Waals surface area contributed by atoms with Crippen LogP contribution in [0.4, 0.5) is 0 Å². The van der Waals surface area contributed by atoms with Crippen LogP contribution in [0.15, 0.2) is 73.1 Å². The van der Waals surface area contributed by atoms with E-state index in [4.69, 9.17) is 18.8 Å². The van der Waals surface area contributed by atoms with Crippen molar-refractivity contribution in [3.63, 3.8) is 0 Å². The number of aromatic nitrogens is 1. The van der Waals surface area contributed by atoms with E-state index in [-0.39, 0.29) is 43.3 Å². The average molecular weight is 470 g/mol. The van der Waals surface area contributed by atoms with Crippen LogP contribution < -0.4 is 0 Å². The van der Waals surface area contributed by atoms with Crippen molar-refractivity contribution in [2.24, 2.45) is 0 Å². The molecule has 1 unspecified atom stereocenters. The maximum atomic E-state index is 12.6. The third-order valence-corrected chi connectivity index (χ3v) is 5.41. The van der Waals surface area contributed by atoms with Crippen molar-refractivity contribution in [3.05, 3.63) is 84.2 Å². The maximum Gasteiger partial charge on any atom is 2.00 e. The minimum atomic E-state index is -3.64. The van der Waals surface area contributed by atoms with Crippen LogP contribution >= 0.6 is 7.82 Å². The van der Waals surface area contributed by atoms with Crippen molar-refractivity contribution < 1.29 is 35.2 Å². The molecule has 1 atom stereocenters. The van der Waals surface area contributed by atoms with Gasteiger partial charge in [0.15, 0.2) is 0 Å². The molecular formula is C22H27FeN2O4P. The molecule has 0 aliphatic carbocycles. The Bertz CT molecular complexity index is 810. The van der Waals surface area contributed by atoms with Crippen LogP contribution in [0.3, 0.4) is 0 Å². The molecule has 0 fully saturated rings. The number of H-pyrrole nitrogens is 1. The van der Waals surface area contributed by atoms with Gasteiger partial charge in [0.1, 0.15) is 0 Å². The van der Waals surface area contributed by atoms with Gasteiger partial charge in [0.05, 0.1) is 32.3 Å². The van der Waals surface area contributed by atoms with Crippen molar-refractivity contribution in [3.8, 4) is 6.07 Å². The SMILES string of the molecule is N#CCCOP(=O)(OCCCc1ccc[cH-]1)OCCc1cc[nH]c1.[Fe+2].c1cc[cH-]c1. The first kappa shape index (κ1) is 26.1. The molecule has 0 amide bonds. The zero-order chi connectivity index (χ0) is 20.6. The molecule has 6 nitrogen and oxygen atoms in total. The van der Waals surface area contributed by atoms with E-state index in [0.29, 0.717) is 6.42 Å². The molecule has 0 spiro atoms. The van der Waals surface area contributed by atoms with Crippen LogP contribution in [0.5, 0.6) is 0 Å². The zero-order valence-corrected chi connectivity index (χ0v) is 18.8. The number of nitrogens with one attached hydrogen (secondary N) is 1. The summed E-state index contributed by atoms with van der Waals surface area (Å²) in [6.45, 7) is 0.532. The number of hydrogen-bond donors (Lipinski definition) is 1. The largest absolute Gasteiger partial charge is 2.00 e. The molecule has 0 aliphatic rings. The van der Waals surface area contributed by atoms with Gasteiger partial charge in [-0.05, 0) is 30.9 Å². The van der Waals surface area contributed by atoms with Crippen LogP contribution in [0.2, 0.25) is 0 Å². The summed E-state index contributed by atoms with van der Waals surface area (Å²) >= 11 is 0. The summed E-state index contributed by atoms with van der Waals surface area (Å²) in [4.78, 5) is 2.95. The number of nitriles is 1. The first-order valence-electron chi connectivity index (χ1n) is 9.61. The molecule has 2 aromatic carbocycles. The predicted molar refractivity (Wildman–Crippen MR) is 113 cm³/mol. The average Bonchev–Trinajstić information content (AvgIpc) is 3.51. The fourth-order valence-corrected chi connectivity index (χ4v) is 3.66. The molecule has 0 aliphatic heterocycles. The van der Waals surface area contributed by atoms with Gasteiger partial charge < -0.3 is 4.98 Å². The van der Waals surface area contributed by atoms with E-state index in [2.05, 4.69) is 4.98 Å². The third kappa shape index (κ3) is 11.3. The molecule has 162 valence electrons. The second kappa shape index (κ2) is 15.9. The Balaban J connectivity index is 0.000000655. The van der Waals surface area contributed by atoms with Gasteiger partial charge in [-0.3, -0.25) is 13.6 Å². The molecule has 0 bridgehead atoms. The fourth-order valence-electron chi connectivity index (χ4n) is 2.46. The van der Waals surface area contributed by atoms with Crippen LogP contribution in [0, 0.1) is 11.3 Å². The van der Waals surface area contributed by atoms with Crippen molar-refractivity contribution in [1.82, 2.24) is 4.98 Å². The molecule has 1 heterocycles. The minimum Gasteiger partial charge on any atom is -0.367 e. The second-order valence-corrected chi connectivity index (χ2v) is 7.85. The van der Waals surface area contributed by atoms with Crippen LogP contribution in [-0.4, -0.2) is 24.8 Å². The number of aromatic amines is 1. The van der Waals surface area contributed by atoms with Gasteiger partial charge in [-0.25, -0.2) is 28.8 Å². The Morgan fingerprint density at radius 2 is 1.77 bits per heavy atom. The van der Waals surface area contributed by atoms with Crippen LogP contribution in [0.25, 0.3) is 0 Å². The summed E-state index contributed by atoms with van der Waals surface area (Å²) in [5.74, 6) is 0. The third-order valence-electron chi connectivity index (χ3n) is 3.91. The fraction of sp³-hybridized carbons (Fsp3) is 0.318. The van der Waals surface area contributed by atoms with E-state index in [1.54, 1.807) is 0 Å². The molecule has 3 rings (SSSR count). The summed E-state index contributed by atoms with van der Waals surface area (Å²) in [5, 5.41) is 8.58. The van der Waals surface area contributed by atoms with Gasteiger partial charge in [-0.15, -0.1) is 0 Å². The molecule has 0 saturated heterocycles. The summed E-state index contributed by atoms with van der Waals surface area (Å²) in [6, 6.07) is 21.9. The van der Waals surface area contributed by atoms with E-state index in [0.717, 1.165) is 18.4 Å². The molecule has 8 heteroatoms. The molecule has 0 saturated carbocycles. The van der Waals surface area contributed by atoms with E-state index >= 15 is 0 Å². The molecule has 30 heavy (non-hydrogen) atoms. The van der Waals surface area contributed by atoms with E-state index < -0.39 is 7.82 Å². The van der Waals surface area contributed by atoms with E-state index in [1.165, 1.54) is 5.56 Å². The Hall–Kier alpha value is -1.90. The molecular weight excluding hydrogens is 443 g/mol. The quantitative estimate of drug-likeness (QED) is 0.166. The van der Waals surface area contributed by atoms with Gasteiger partial charge in [-0.1, -0.05) is 0 Å². The summed E-state index contributed by atoms with van der Waals surface area (Å²) in [6.07, 6.45) is 5.98. The Labute approximate surface area is 189 Å². The maximum absolute atomic E-state index is 12.6. The minimum absolute atomic E-state index is 0. The zero-order valence-electron chi connectivity index (χ0n) is 16.8. The van der Waals surface area contributed by atoms with E-state index in [1.807, 2.05) is 79.1 Å². The normalized spacial score (nSPS) is 12.1. The van der Waals surface area contributed by atoms with Gasteiger partial charge in [0.2, 0.25) is 0 Å². The Morgan fingerprint density at radius 1 is 1.00 bits per heavy atom. The summed E-state index contributed by atoms with van der Waals surface area (Å²) in [7, 11) is -3.64. The molecule has 0 radical (unpaired) electrons. The van der Waals surface area contributed by atoms with Gasteiger partial charge in [0.25, 0.3) is 0 Å². The number of aryl methyl sites for hydroxylation is 1. The number of phosphoric ester groups is 1. The standard InChI is InChI=1S/C17H22N2O4P.C5H5.Fe/c18-10-4-13-22-24(20,23-14-9-17-8-11-19-15-17)21-12-3-7-16-5-1-2-6-16;1-2-4-5-3-1;/h1-2,5-6,8,11,15,19H,3-4,7,9,12-14H2;1-5H;/q2*-1;+2. The first-order chi connectivity index (χ1) is 14.2. The summed E-state index contributed by atoms with van der Waals surface area (Å²) < 4.78 is 28.6. The van der Waals surface area contributed by atoms with Crippen molar-refractivity contribution in [2.45, 2.75) is 25.7 Å². The number of rotatable bonds is 12. The number of hydrogen-bond acceptors (Lipinski definition) is 5. The van der Waals surface area contributed by atoms with Gasteiger partial charge in [0, 0.05) is 12.4 Å². The first-order valence-corrected chi connectivity index (χ1v) is 11.1. The summed E-state index contributed by atoms with van der Waals surface area (Å²) in [5.41, 5.74) is 2.27. The van der Waals surface area contributed by atoms with Crippen molar-refractivity contribution >= 4 is 7.82 Å².